The summed E-state index contributed by atoms with van der Waals surface area (Å²) in [6, 6.07) is 3.86. The largest absolute Gasteiger partial charge is 0.368 e. The molecule has 0 amide bonds. The van der Waals surface area contributed by atoms with Gasteiger partial charge in [-0.1, -0.05) is 20.8 Å². The number of anilines is 1. The van der Waals surface area contributed by atoms with Gasteiger partial charge in [0, 0.05) is 23.8 Å². The molecule has 0 fully saturated rings. The predicted octanol–water partition coefficient (Wildman–Crippen LogP) is 2.53. The Balaban J connectivity index is 1.77. The summed E-state index contributed by atoms with van der Waals surface area (Å²) < 4.78 is 1.81. The van der Waals surface area contributed by atoms with Crippen molar-refractivity contribution in [2.24, 2.45) is 0 Å². The minimum absolute atomic E-state index is 0.0916. The molecule has 0 unspecified atom stereocenters. The Hall–Kier alpha value is -2.02. The van der Waals surface area contributed by atoms with Crippen molar-refractivity contribution in [3.63, 3.8) is 0 Å². The summed E-state index contributed by atoms with van der Waals surface area (Å²) in [7, 11) is 0. The van der Waals surface area contributed by atoms with E-state index in [1.165, 1.54) is 0 Å². The highest BCUT2D eigenvalue weighted by molar-refractivity contribution is 7.07. The summed E-state index contributed by atoms with van der Waals surface area (Å²) in [4.78, 5) is 4.27. The number of thiazole rings is 1. The van der Waals surface area contributed by atoms with Crippen molar-refractivity contribution in [1.82, 2.24) is 24.8 Å². The first-order valence-corrected chi connectivity index (χ1v) is 7.82. The van der Waals surface area contributed by atoms with E-state index in [1.54, 1.807) is 11.3 Å². The summed E-state index contributed by atoms with van der Waals surface area (Å²) in [6.07, 6.45) is 0.886. The van der Waals surface area contributed by atoms with E-state index in [0.29, 0.717) is 0 Å². The Morgan fingerprint density at radius 2 is 2.10 bits per heavy atom. The van der Waals surface area contributed by atoms with Crippen LogP contribution >= 0.6 is 11.3 Å². The third kappa shape index (κ3) is 3.02. The van der Waals surface area contributed by atoms with Gasteiger partial charge in [0.05, 0.1) is 11.2 Å². The number of hydrogen-bond donors (Lipinski definition) is 1. The van der Waals surface area contributed by atoms with Crippen LogP contribution in [0.1, 0.15) is 32.3 Å². The molecule has 0 aliphatic heterocycles. The molecule has 3 aromatic heterocycles. The van der Waals surface area contributed by atoms with Crippen molar-refractivity contribution in [2.45, 2.75) is 32.6 Å². The highest BCUT2D eigenvalue weighted by atomic mass is 32.1. The molecule has 0 aliphatic carbocycles. The molecule has 0 saturated carbocycles. The normalized spacial score (nSPS) is 12.0. The van der Waals surface area contributed by atoms with Gasteiger partial charge in [-0.15, -0.1) is 26.6 Å². The van der Waals surface area contributed by atoms with Crippen LogP contribution in [0.5, 0.6) is 0 Å². The molecule has 110 valence electrons. The standard InChI is InChI=1S/C14H18N6S/c1-14(2,3)13-18-17-12-5-4-11(19-20(12)13)15-7-6-10-8-21-9-16-10/h4-5,8-9H,6-7H2,1-3H3,(H,15,19). The molecule has 0 atom stereocenters. The van der Waals surface area contributed by atoms with Crippen LogP contribution in [-0.2, 0) is 11.8 Å². The second kappa shape index (κ2) is 5.40. The summed E-state index contributed by atoms with van der Waals surface area (Å²) in [6.45, 7) is 7.11. The lowest BCUT2D eigenvalue weighted by Crippen LogP contribution is -2.18. The summed E-state index contributed by atoms with van der Waals surface area (Å²) in [5, 5.41) is 18.4. The van der Waals surface area contributed by atoms with Gasteiger partial charge in [-0.05, 0) is 12.1 Å². The fourth-order valence-electron chi connectivity index (χ4n) is 2.03. The Morgan fingerprint density at radius 3 is 2.81 bits per heavy atom. The zero-order chi connectivity index (χ0) is 14.9. The van der Waals surface area contributed by atoms with Crippen molar-refractivity contribution < 1.29 is 0 Å². The molecule has 21 heavy (non-hydrogen) atoms. The molecule has 0 bridgehead atoms. The van der Waals surface area contributed by atoms with Gasteiger partial charge in [-0.2, -0.15) is 4.52 Å². The van der Waals surface area contributed by atoms with Gasteiger partial charge >= 0.3 is 0 Å². The number of nitrogens with zero attached hydrogens (tertiary/aromatic N) is 5. The van der Waals surface area contributed by atoms with Crippen LogP contribution in [-0.4, -0.2) is 31.3 Å². The predicted molar refractivity (Wildman–Crippen MR) is 83.8 cm³/mol. The molecule has 3 aromatic rings. The molecule has 3 rings (SSSR count). The van der Waals surface area contributed by atoms with Gasteiger partial charge in [0.2, 0.25) is 0 Å². The highest BCUT2D eigenvalue weighted by Gasteiger charge is 2.21. The SMILES string of the molecule is CC(C)(C)c1nnc2ccc(NCCc3cscn3)nn12. The second-order valence-corrected chi connectivity index (χ2v) is 6.64. The molecule has 0 radical (unpaired) electrons. The van der Waals surface area contributed by atoms with Crippen molar-refractivity contribution >= 4 is 22.8 Å². The summed E-state index contributed by atoms with van der Waals surface area (Å²) in [5.74, 6) is 1.68. The maximum Gasteiger partial charge on any atom is 0.178 e. The van der Waals surface area contributed by atoms with Crippen LogP contribution in [0.4, 0.5) is 5.82 Å². The van der Waals surface area contributed by atoms with Crippen LogP contribution in [0.15, 0.2) is 23.0 Å². The van der Waals surface area contributed by atoms with Crippen LogP contribution in [0, 0.1) is 0 Å². The third-order valence-corrected chi connectivity index (χ3v) is 3.74. The van der Waals surface area contributed by atoms with E-state index >= 15 is 0 Å². The topological polar surface area (TPSA) is 68.0 Å². The third-order valence-electron chi connectivity index (χ3n) is 3.10. The Morgan fingerprint density at radius 1 is 1.24 bits per heavy atom. The quantitative estimate of drug-likeness (QED) is 0.802. The van der Waals surface area contributed by atoms with E-state index in [9.17, 15) is 0 Å². The van der Waals surface area contributed by atoms with Gasteiger partial charge < -0.3 is 5.32 Å². The molecule has 6 nitrogen and oxygen atoms in total. The van der Waals surface area contributed by atoms with Gasteiger partial charge in [0.1, 0.15) is 5.82 Å². The van der Waals surface area contributed by atoms with Gasteiger partial charge in [0.15, 0.2) is 11.5 Å². The monoisotopic (exact) mass is 302 g/mol. The molecule has 7 heteroatoms. The first-order valence-electron chi connectivity index (χ1n) is 6.88. The zero-order valence-corrected chi connectivity index (χ0v) is 13.2. The maximum absolute atomic E-state index is 4.58. The fourth-order valence-corrected chi connectivity index (χ4v) is 2.62. The molecule has 0 aliphatic rings. The number of aromatic nitrogens is 5. The molecule has 3 heterocycles. The Labute approximate surface area is 127 Å². The average molecular weight is 302 g/mol. The number of nitrogens with one attached hydrogen (secondary N) is 1. The van der Waals surface area contributed by atoms with Crippen molar-refractivity contribution in [1.29, 1.82) is 0 Å². The second-order valence-electron chi connectivity index (χ2n) is 5.92. The van der Waals surface area contributed by atoms with Gasteiger partial charge in [0.25, 0.3) is 0 Å². The minimum Gasteiger partial charge on any atom is -0.368 e. The van der Waals surface area contributed by atoms with Crippen LogP contribution < -0.4 is 5.32 Å². The van der Waals surface area contributed by atoms with E-state index in [-0.39, 0.29) is 5.41 Å². The van der Waals surface area contributed by atoms with E-state index in [2.05, 4.69) is 51.7 Å². The Kier molecular flexibility index (Phi) is 3.59. The van der Waals surface area contributed by atoms with Crippen molar-refractivity contribution in [3.05, 3.63) is 34.5 Å². The van der Waals surface area contributed by atoms with Crippen LogP contribution in [0.2, 0.25) is 0 Å². The summed E-state index contributed by atoms with van der Waals surface area (Å²) >= 11 is 1.62. The molecular weight excluding hydrogens is 284 g/mol. The lowest BCUT2D eigenvalue weighted by Gasteiger charge is -2.15. The van der Waals surface area contributed by atoms with Crippen molar-refractivity contribution in [2.75, 3.05) is 11.9 Å². The zero-order valence-electron chi connectivity index (χ0n) is 12.4. The Bertz CT molecular complexity index is 726. The molecule has 0 aromatic carbocycles. The van der Waals surface area contributed by atoms with E-state index in [4.69, 9.17) is 0 Å². The molecule has 0 spiro atoms. The first-order chi connectivity index (χ1) is 10.0. The summed E-state index contributed by atoms with van der Waals surface area (Å²) in [5.41, 5.74) is 3.64. The van der Waals surface area contributed by atoms with Gasteiger partial charge in [-0.3, -0.25) is 0 Å². The smallest absolute Gasteiger partial charge is 0.178 e. The van der Waals surface area contributed by atoms with E-state index in [1.807, 2.05) is 22.2 Å². The number of rotatable bonds is 4. The maximum atomic E-state index is 4.58. The molecular formula is C14H18N6S. The lowest BCUT2D eigenvalue weighted by atomic mass is 9.96. The van der Waals surface area contributed by atoms with E-state index < -0.39 is 0 Å². The number of hydrogen-bond acceptors (Lipinski definition) is 6. The molecule has 0 saturated heterocycles. The van der Waals surface area contributed by atoms with Crippen molar-refractivity contribution in [3.8, 4) is 0 Å². The lowest BCUT2D eigenvalue weighted by molar-refractivity contribution is 0.527. The van der Waals surface area contributed by atoms with Crippen LogP contribution in [0.25, 0.3) is 5.65 Å². The van der Waals surface area contributed by atoms with Gasteiger partial charge in [-0.25, -0.2) is 4.98 Å². The average Bonchev–Trinajstić information content (AvgIpc) is 3.05. The first kappa shape index (κ1) is 13.9. The van der Waals surface area contributed by atoms with Crippen LogP contribution in [0.3, 0.4) is 0 Å². The molecule has 1 N–H and O–H groups in total. The number of fused-ring (bicyclic) bond motifs is 1. The highest BCUT2D eigenvalue weighted by Crippen LogP contribution is 2.20. The minimum atomic E-state index is -0.0916. The van der Waals surface area contributed by atoms with E-state index in [0.717, 1.165) is 35.9 Å². The fraction of sp³-hybridized carbons (Fsp3) is 0.429.